The molecule has 0 saturated carbocycles. The van der Waals surface area contributed by atoms with Gasteiger partial charge in [0.05, 0.1) is 6.20 Å². The number of aromatic nitrogens is 4. The summed E-state index contributed by atoms with van der Waals surface area (Å²) in [5.41, 5.74) is 4.50. The number of nitrogens with zero attached hydrogens (tertiary/aromatic N) is 4. The standard InChI is InChI=1S/C21H23N7/c1-28(2)17-9-7-16(8-10-17)25-21-26-20(14-24-27-21)22-12-11-15-13-23-19-6-4-3-5-18(15)19/h3-10,13-14,23H,11-12H2,1-2H3,(H2,22,25,26,27). The number of nitrogens with one attached hydrogen (secondary N) is 3. The van der Waals surface area contributed by atoms with Crippen LogP contribution in [0.25, 0.3) is 10.9 Å². The van der Waals surface area contributed by atoms with Gasteiger partial charge in [-0.2, -0.15) is 10.1 Å². The summed E-state index contributed by atoms with van der Waals surface area (Å²) in [5.74, 6) is 1.16. The summed E-state index contributed by atoms with van der Waals surface area (Å²) in [7, 11) is 4.03. The topological polar surface area (TPSA) is 81.8 Å². The Morgan fingerprint density at radius 2 is 1.86 bits per heavy atom. The highest BCUT2D eigenvalue weighted by molar-refractivity contribution is 5.83. The molecule has 2 heterocycles. The van der Waals surface area contributed by atoms with Crippen molar-refractivity contribution in [1.29, 1.82) is 0 Å². The van der Waals surface area contributed by atoms with Crippen LogP contribution in [0.2, 0.25) is 0 Å². The summed E-state index contributed by atoms with van der Waals surface area (Å²) in [4.78, 5) is 9.85. The van der Waals surface area contributed by atoms with Crippen LogP contribution < -0.4 is 15.5 Å². The Morgan fingerprint density at radius 1 is 1.04 bits per heavy atom. The second-order valence-corrected chi connectivity index (χ2v) is 6.77. The Kier molecular flexibility index (Phi) is 5.05. The third kappa shape index (κ3) is 4.03. The second-order valence-electron chi connectivity index (χ2n) is 6.77. The Hall–Kier alpha value is -3.61. The molecule has 0 atom stereocenters. The highest BCUT2D eigenvalue weighted by atomic mass is 15.3. The molecule has 28 heavy (non-hydrogen) atoms. The monoisotopic (exact) mass is 373 g/mol. The maximum Gasteiger partial charge on any atom is 0.249 e. The number of rotatable bonds is 7. The van der Waals surface area contributed by atoms with Gasteiger partial charge in [-0.1, -0.05) is 18.2 Å². The van der Waals surface area contributed by atoms with Gasteiger partial charge in [0.15, 0.2) is 5.82 Å². The van der Waals surface area contributed by atoms with Crippen LogP contribution >= 0.6 is 0 Å². The van der Waals surface area contributed by atoms with Crippen molar-refractivity contribution in [2.24, 2.45) is 0 Å². The lowest BCUT2D eigenvalue weighted by Crippen LogP contribution is -2.09. The quantitative estimate of drug-likeness (QED) is 0.457. The molecule has 0 aliphatic rings. The lowest BCUT2D eigenvalue weighted by atomic mass is 10.1. The Balaban J connectivity index is 1.37. The Bertz CT molecular complexity index is 1050. The van der Waals surface area contributed by atoms with E-state index in [1.807, 2.05) is 44.4 Å². The van der Waals surface area contributed by atoms with E-state index in [1.165, 1.54) is 10.9 Å². The average molecular weight is 373 g/mol. The number of hydrogen-bond donors (Lipinski definition) is 3. The Morgan fingerprint density at radius 3 is 2.68 bits per heavy atom. The molecule has 0 radical (unpaired) electrons. The van der Waals surface area contributed by atoms with Crippen LogP contribution in [-0.4, -0.2) is 40.8 Å². The van der Waals surface area contributed by atoms with Gasteiger partial charge in [-0.25, -0.2) is 0 Å². The van der Waals surface area contributed by atoms with Crippen LogP contribution in [0.5, 0.6) is 0 Å². The van der Waals surface area contributed by atoms with E-state index in [0.717, 1.165) is 29.9 Å². The minimum Gasteiger partial charge on any atom is -0.378 e. The van der Waals surface area contributed by atoms with Crippen LogP contribution in [0.3, 0.4) is 0 Å². The molecule has 2 aromatic heterocycles. The molecule has 0 fully saturated rings. The van der Waals surface area contributed by atoms with Gasteiger partial charge in [-0.15, -0.1) is 5.10 Å². The number of aromatic amines is 1. The normalized spacial score (nSPS) is 10.8. The molecule has 3 N–H and O–H groups in total. The fraction of sp³-hybridized carbons (Fsp3) is 0.190. The number of benzene rings is 2. The van der Waals surface area contributed by atoms with Crippen molar-refractivity contribution in [1.82, 2.24) is 20.2 Å². The maximum absolute atomic E-state index is 4.49. The van der Waals surface area contributed by atoms with E-state index in [4.69, 9.17) is 0 Å². The summed E-state index contributed by atoms with van der Waals surface area (Å²) in [6.45, 7) is 0.761. The third-order valence-corrected chi connectivity index (χ3v) is 4.57. The van der Waals surface area contributed by atoms with Crippen molar-refractivity contribution >= 4 is 34.0 Å². The SMILES string of the molecule is CN(C)c1ccc(Nc2nncc(NCCc3c[nH]c4ccccc34)n2)cc1. The van der Waals surface area contributed by atoms with Crippen LogP contribution in [0.4, 0.5) is 23.1 Å². The Labute approximate surface area is 163 Å². The number of para-hydroxylation sites is 1. The summed E-state index contributed by atoms with van der Waals surface area (Å²) in [6.07, 6.45) is 4.59. The molecule has 4 aromatic rings. The lowest BCUT2D eigenvalue weighted by Gasteiger charge is -2.13. The molecule has 7 nitrogen and oxygen atoms in total. The van der Waals surface area contributed by atoms with Gasteiger partial charge < -0.3 is 20.5 Å². The van der Waals surface area contributed by atoms with Crippen molar-refractivity contribution in [2.75, 3.05) is 36.2 Å². The van der Waals surface area contributed by atoms with E-state index in [0.29, 0.717) is 11.8 Å². The predicted molar refractivity (Wildman–Crippen MR) is 114 cm³/mol. The lowest BCUT2D eigenvalue weighted by molar-refractivity contribution is 0.952. The van der Waals surface area contributed by atoms with Crippen LogP contribution in [-0.2, 0) is 6.42 Å². The number of anilines is 4. The first-order chi connectivity index (χ1) is 13.7. The number of fused-ring (bicyclic) bond motifs is 1. The van der Waals surface area contributed by atoms with E-state index in [9.17, 15) is 0 Å². The molecular formula is C21H23N7. The van der Waals surface area contributed by atoms with Gasteiger partial charge in [-0.3, -0.25) is 0 Å². The molecule has 0 bridgehead atoms. The van der Waals surface area contributed by atoms with Gasteiger partial charge in [0.1, 0.15) is 0 Å². The molecule has 7 heteroatoms. The minimum absolute atomic E-state index is 0.467. The van der Waals surface area contributed by atoms with Crippen LogP contribution in [0, 0.1) is 0 Å². The summed E-state index contributed by atoms with van der Waals surface area (Å²) >= 11 is 0. The predicted octanol–water partition coefficient (Wildman–Crippen LogP) is 3.82. The molecule has 142 valence electrons. The first-order valence-electron chi connectivity index (χ1n) is 9.22. The van der Waals surface area contributed by atoms with E-state index in [-0.39, 0.29) is 0 Å². The van der Waals surface area contributed by atoms with Crippen molar-refractivity contribution in [3.8, 4) is 0 Å². The fourth-order valence-electron chi connectivity index (χ4n) is 3.08. The first kappa shape index (κ1) is 17.8. The van der Waals surface area contributed by atoms with Crippen LogP contribution in [0.15, 0.2) is 60.9 Å². The molecule has 0 saturated heterocycles. The maximum atomic E-state index is 4.49. The first-order valence-corrected chi connectivity index (χ1v) is 9.22. The molecule has 0 aliphatic heterocycles. The highest BCUT2D eigenvalue weighted by Crippen LogP contribution is 2.19. The molecule has 0 unspecified atom stereocenters. The zero-order valence-electron chi connectivity index (χ0n) is 16.0. The zero-order chi connectivity index (χ0) is 19.3. The summed E-state index contributed by atoms with van der Waals surface area (Å²) in [6, 6.07) is 16.4. The van der Waals surface area contributed by atoms with Crippen molar-refractivity contribution in [3.05, 3.63) is 66.5 Å². The molecule has 0 aliphatic carbocycles. The van der Waals surface area contributed by atoms with Gasteiger partial charge in [0, 0.05) is 49.1 Å². The van der Waals surface area contributed by atoms with Gasteiger partial charge in [0.25, 0.3) is 0 Å². The molecule has 4 rings (SSSR count). The summed E-state index contributed by atoms with van der Waals surface area (Å²) < 4.78 is 0. The van der Waals surface area contributed by atoms with Gasteiger partial charge in [0.2, 0.25) is 5.95 Å². The average Bonchev–Trinajstić information content (AvgIpc) is 3.12. The molecule has 2 aromatic carbocycles. The van der Waals surface area contributed by atoms with Gasteiger partial charge in [-0.05, 0) is 42.3 Å². The largest absolute Gasteiger partial charge is 0.378 e. The third-order valence-electron chi connectivity index (χ3n) is 4.57. The van der Waals surface area contributed by atoms with E-state index >= 15 is 0 Å². The van der Waals surface area contributed by atoms with E-state index in [1.54, 1.807) is 6.20 Å². The minimum atomic E-state index is 0.467. The highest BCUT2D eigenvalue weighted by Gasteiger charge is 2.05. The summed E-state index contributed by atoms with van der Waals surface area (Å²) in [5, 5.41) is 15.9. The smallest absolute Gasteiger partial charge is 0.249 e. The second kappa shape index (κ2) is 7.96. The van der Waals surface area contributed by atoms with E-state index < -0.39 is 0 Å². The fourth-order valence-corrected chi connectivity index (χ4v) is 3.08. The van der Waals surface area contributed by atoms with Crippen molar-refractivity contribution in [2.45, 2.75) is 6.42 Å². The van der Waals surface area contributed by atoms with Gasteiger partial charge >= 0.3 is 0 Å². The van der Waals surface area contributed by atoms with Crippen molar-refractivity contribution in [3.63, 3.8) is 0 Å². The zero-order valence-corrected chi connectivity index (χ0v) is 16.0. The number of H-pyrrole nitrogens is 1. The van der Waals surface area contributed by atoms with Crippen LogP contribution in [0.1, 0.15) is 5.56 Å². The van der Waals surface area contributed by atoms with Crippen molar-refractivity contribution < 1.29 is 0 Å². The molecule has 0 amide bonds. The number of hydrogen-bond acceptors (Lipinski definition) is 6. The molecule has 0 spiro atoms. The van der Waals surface area contributed by atoms with E-state index in [2.05, 4.69) is 60.1 Å². The molecular weight excluding hydrogens is 350 g/mol.